The van der Waals surface area contributed by atoms with E-state index in [2.05, 4.69) is 0 Å². The van der Waals surface area contributed by atoms with Crippen LogP contribution in [0.15, 0.2) is 54.6 Å². The van der Waals surface area contributed by atoms with Crippen molar-refractivity contribution in [1.29, 1.82) is 0 Å². The molecule has 0 spiro atoms. The number of carbonyl (C=O) groups is 1. The van der Waals surface area contributed by atoms with Crippen molar-refractivity contribution in [2.75, 3.05) is 13.7 Å². The lowest BCUT2D eigenvalue weighted by molar-refractivity contribution is -0.132. The minimum Gasteiger partial charge on any atom is -0.484 e. The Bertz CT molecular complexity index is 566. The molecule has 0 saturated carbocycles. The molecule has 0 aromatic heterocycles. The first-order chi connectivity index (χ1) is 9.66. The van der Waals surface area contributed by atoms with Gasteiger partial charge in [-0.2, -0.15) is 0 Å². The fraction of sp³-hybridized carbons (Fsp3) is 0.235. The summed E-state index contributed by atoms with van der Waals surface area (Å²) >= 11 is 0. The van der Waals surface area contributed by atoms with Crippen molar-refractivity contribution in [3.63, 3.8) is 0 Å². The average Bonchev–Trinajstić information content (AvgIpc) is 2.47. The summed E-state index contributed by atoms with van der Waals surface area (Å²) in [7, 11) is 1.79. The molecule has 0 unspecified atom stereocenters. The van der Waals surface area contributed by atoms with E-state index in [4.69, 9.17) is 4.74 Å². The van der Waals surface area contributed by atoms with Gasteiger partial charge in [0.15, 0.2) is 6.61 Å². The number of aryl methyl sites for hydroxylation is 1. The third-order valence-corrected chi connectivity index (χ3v) is 3.13. The highest BCUT2D eigenvalue weighted by Gasteiger charge is 2.10. The highest BCUT2D eigenvalue weighted by molar-refractivity contribution is 5.77. The van der Waals surface area contributed by atoms with Gasteiger partial charge >= 0.3 is 0 Å². The van der Waals surface area contributed by atoms with Crippen LogP contribution in [0.1, 0.15) is 11.1 Å². The van der Waals surface area contributed by atoms with Crippen LogP contribution < -0.4 is 4.74 Å². The fourth-order valence-electron chi connectivity index (χ4n) is 1.91. The van der Waals surface area contributed by atoms with E-state index < -0.39 is 0 Å². The third-order valence-electron chi connectivity index (χ3n) is 3.13. The molecule has 0 fully saturated rings. The van der Waals surface area contributed by atoms with Crippen LogP contribution in [0.25, 0.3) is 0 Å². The SMILES string of the molecule is Cc1ccccc1OCC(=O)N(C)Cc1ccccc1. The zero-order valence-electron chi connectivity index (χ0n) is 11.9. The van der Waals surface area contributed by atoms with Gasteiger partial charge in [-0.25, -0.2) is 0 Å². The van der Waals surface area contributed by atoms with Gasteiger partial charge in [0.2, 0.25) is 0 Å². The largest absolute Gasteiger partial charge is 0.484 e. The highest BCUT2D eigenvalue weighted by atomic mass is 16.5. The molecule has 0 aliphatic rings. The Morgan fingerprint density at radius 2 is 1.70 bits per heavy atom. The first-order valence-electron chi connectivity index (χ1n) is 6.63. The first-order valence-corrected chi connectivity index (χ1v) is 6.63. The van der Waals surface area contributed by atoms with E-state index in [1.807, 2.05) is 61.5 Å². The highest BCUT2D eigenvalue weighted by Crippen LogP contribution is 2.16. The van der Waals surface area contributed by atoms with Crippen molar-refractivity contribution in [3.05, 3.63) is 65.7 Å². The van der Waals surface area contributed by atoms with Gasteiger partial charge in [0.25, 0.3) is 5.91 Å². The summed E-state index contributed by atoms with van der Waals surface area (Å²) in [4.78, 5) is 13.7. The van der Waals surface area contributed by atoms with Gasteiger partial charge in [-0.3, -0.25) is 4.79 Å². The molecule has 2 rings (SSSR count). The Labute approximate surface area is 119 Å². The number of likely N-dealkylation sites (N-methyl/N-ethyl adjacent to an activating group) is 1. The monoisotopic (exact) mass is 269 g/mol. The molecule has 2 aromatic rings. The zero-order chi connectivity index (χ0) is 14.4. The summed E-state index contributed by atoms with van der Waals surface area (Å²) in [6.07, 6.45) is 0. The summed E-state index contributed by atoms with van der Waals surface area (Å²) < 4.78 is 5.57. The van der Waals surface area contributed by atoms with Crippen LogP contribution in [-0.4, -0.2) is 24.5 Å². The second kappa shape index (κ2) is 6.75. The Morgan fingerprint density at radius 3 is 2.40 bits per heavy atom. The maximum atomic E-state index is 12.0. The van der Waals surface area contributed by atoms with Crippen molar-refractivity contribution in [2.24, 2.45) is 0 Å². The number of nitrogens with zero attached hydrogens (tertiary/aromatic N) is 1. The lowest BCUT2D eigenvalue weighted by Gasteiger charge is -2.18. The van der Waals surface area contributed by atoms with E-state index >= 15 is 0 Å². The van der Waals surface area contributed by atoms with Crippen LogP contribution in [0, 0.1) is 6.92 Å². The maximum Gasteiger partial charge on any atom is 0.260 e. The predicted molar refractivity (Wildman–Crippen MR) is 79.6 cm³/mol. The molecule has 0 radical (unpaired) electrons. The molecule has 3 heteroatoms. The summed E-state index contributed by atoms with van der Waals surface area (Å²) in [5, 5.41) is 0. The number of benzene rings is 2. The number of amides is 1. The number of hydrogen-bond acceptors (Lipinski definition) is 2. The third kappa shape index (κ3) is 3.85. The Balaban J connectivity index is 1.87. The van der Waals surface area contributed by atoms with E-state index in [9.17, 15) is 4.79 Å². The second-order valence-corrected chi connectivity index (χ2v) is 4.79. The molecule has 0 heterocycles. The van der Waals surface area contributed by atoms with Gasteiger partial charge < -0.3 is 9.64 Å². The van der Waals surface area contributed by atoms with Gasteiger partial charge in [-0.05, 0) is 24.1 Å². The average molecular weight is 269 g/mol. The molecule has 3 nitrogen and oxygen atoms in total. The first kappa shape index (κ1) is 14.1. The molecule has 0 atom stereocenters. The van der Waals surface area contributed by atoms with Crippen LogP contribution in [-0.2, 0) is 11.3 Å². The molecular weight excluding hydrogens is 250 g/mol. The maximum absolute atomic E-state index is 12.0. The molecule has 104 valence electrons. The molecule has 20 heavy (non-hydrogen) atoms. The Kier molecular flexibility index (Phi) is 4.77. The van der Waals surface area contributed by atoms with Crippen molar-refractivity contribution >= 4 is 5.91 Å². The Morgan fingerprint density at radius 1 is 1.05 bits per heavy atom. The van der Waals surface area contributed by atoms with E-state index in [0.717, 1.165) is 16.9 Å². The summed E-state index contributed by atoms with van der Waals surface area (Å²) in [6.45, 7) is 2.62. The van der Waals surface area contributed by atoms with Crippen LogP contribution >= 0.6 is 0 Å². The molecule has 0 N–H and O–H groups in total. The fourth-order valence-corrected chi connectivity index (χ4v) is 1.91. The predicted octanol–water partition coefficient (Wildman–Crippen LogP) is 3.03. The second-order valence-electron chi connectivity index (χ2n) is 4.79. The standard InChI is InChI=1S/C17H19NO2/c1-14-8-6-7-11-16(14)20-13-17(19)18(2)12-15-9-4-3-5-10-15/h3-11H,12-13H2,1-2H3. The van der Waals surface area contributed by atoms with Crippen LogP contribution in [0.5, 0.6) is 5.75 Å². The molecule has 2 aromatic carbocycles. The number of ether oxygens (including phenoxy) is 1. The van der Waals surface area contributed by atoms with E-state index in [0.29, 0.717) is 6.54 Å². The quantitative estimate of drug-likeness (QED) is 0.835. The summed E-state index contributed by atoms with van der Waals surface area (Å²) in [5.74, 6) is 0.728. The molecule has 0 aliphatic heterocycles. The van der Waals surface area contributed by atoms with Crippen molar-refractivity contribution in [3.8, 4) is 5.75 Å². The topological polar surface area (TPSA) is 29.5 Å². The number of hydrogen-bond donors (Lipinski definition) is 0. The van der Waals surface area contributed by atoms with Gasteiger partial charge in [0, 0.05) is 13.6 Å². The number of carbonyl (C=O) groups excluding carboxylic acids is 1. The van der Waals surface area contributed by atoms with Gasteiger partial charge in [-0.15, -0.1) is 0 Å². The smallest absolute Gasteiger partial charge is 0.260 e. The Hall–Kier alpha value is -2.29. The number of rotatable bonds is 5. The molecule has 0 aliphatic carbocycles. The molecular formula is C17H19NO2. The molecule has 1 amide bonds. The van der Waals surface area contributed by atoms with Gasteiger partial charge in [0.05, 0.1) is 0 Å². The minimum atomic E-state index is -0.0305. The summed E-state index contributed by atoms with van der Waals surface area (Å²) in [5.41, 5.74) is 2.14. The van der Waals surface area contributed by atoms with Crippen molar-refractivity contribution < 1.29 is 9.53 Å². The van der Waals surface area contributed by atoms with Crippen LogP contribution in [0.3, 0.4) is 0 Å². The molecule has 0 saturated heterocycles. The van der Waals surface area contributed by atoms with Crippen LogP contribution in [0.4, 0.5) is 0 Å². The minimum absolute atomic E-state index is 0.0305. The normalized spacial score (nSPS) is 10.1. The lowest BCUT2D eigenvalue weighted by atomic mass is 10.2. The van der Waals surface area contributed by atoms with Crippen molar-refractivity contribution in [2.45, 2.75) is 13.5 Å². The van der Waals surface area contributed by atoms with Crippen molar-refractivity contribution in [1.82, 2.24) is 4.90 Å². The van der Waals surface area contributed by atoms with E-state index in [1.165, 1.54) is 0 Å². The molecule has 0 bridgehead atoms. The number of para-hydroxylation sites is 1. The van der Waals surface area contributed by atoms with Gasteiger partial charge in [0.1, 0.15) is 5.75 Å². The van der Waals surface area contributed by atoms with Gasteiger partial charge in [-0.1, -0.05) is 48.5 Å². The van der Waals surface area contributed by atoms with Crippen LogP contribution in [0.2, 0.25) is 0 Å². The summed E-state index contributed by atoms with van der Waals surface area (Å²) in [6, 6.07) is 17.6. The van der Waals surface area contributed by atoms with E-state index in [1.54, 1.807) is 11.9 Å². The zero-order valence-corrected chi connectivity index (χ0v) is 11.9. The van der Waals surface area contributed by atoms with E-state index in [-0.39, 0.29) is 12.5 Å². The lowest BCUT2D eigenvalue weighted by Crippen LogP contribution is -2.31.